The van der Waals surface area contributed by atoms with Gasteiger partial charge in [0, 0.05) is 45.0 Å². The van der Waals surface area contributed by atoms with Crippen molar-refractivity contribution in [3.05, 3.63) is 54.5 Å². The van der Waals surface area contributed by atoms with Crippen molar-refractivity contribution in [2.75, 3.05) is 44.2 Å². The van der Waals surface area contributed by atoms with Crippen molar-refractivity contribution >= 4 is 17.5 Å². The molecule has 0 saturated carbocycles. The van der Waals surface area contributed by atoms with Crippen molar-refractivity contribution in [1.29, 1.82) is 0 Å². The highest BCUT2D eigenvalue weighted by Gasteiger charge is 2.28. The number of carbonyl (C=O) groups is 2. The van der Waals surface area contributed by atoms with Crippen molar-refractivity contribution in [2.24, 2.45) is 0 Å². The van der Waals surface area contributed by atoms with Gasteiger partial charge in [0.15, 0.2) is 0 Å². The average Bonchev–Trinajstić information content (AvgIpc) is 3.29. The summed E-state index contributed by atoms with van der Waals surface area (Å²) in [5.41, 5.74) is 1.22. The zero-order chi connectivity index (χ0) is 20.5. The van der Waals surface area contributed by atoms with Gasteiger partial charge in [-0.05, 0) is 30.7 Å². The maximum atomic E-state index is 12.2. The van der Waals surface area contributed by atoms with Crippen molar-refractivity contribution in [1.82, 2.24) is 15.5 Å². The molecule has 1 saturated heterocycles. The van der Waals surface area contributed by atoms with Crippen LogP contribution in [-0.4, -0.2) is 56.0 Å². The van der Waals surface area contributed by atoms with Gasteiger partial charge in [-0.25, -0.2) is 0 Å². The maximum Gasteiger partial charge on any atom is 0.309 e. The summed E-state index contributed by atoms with van der Waals surface area (Å²) in [6.45, 7) is 6.37. The van der Waals surface area contributed by atoms with Crippen LogP contribution in [0, 0.1) is 0 Å². The van der Waals surface area contributed by atoms with Gasteiger partial charge >= 0.3 is 11.8 Å². The molecule has 0 unspecified atom stereocenters. The Morgan fingerprint density at radius 1 is 1.00 bits per heavy atom. The van der Waals surface area contributed by atoms with Gasteiger partial charge in [-0.1, -0.05) is 31.5 Å². The largest absolute Gasteiger partial charge is 0.468 e. The van der Waals surface area contributed by atoms with E-state index >= 15 is 0 Å². The summed E-state index contributed by atoms with van der Waals surface area (Å²) in [4.78, 5) is 28.7. The van der Waals surface area contributed by atoms with E-state index in [9.17, 15) is 9.59 Å². The topological polar surface area (TPSA) is 77.8 Å². The van der Waals surface area contributed by atoms with E-state index < -0.39 is 11.8 Å². The smallest absolute Gasteiger partial charge is 0.309 e. The van der Waals surface area contributed by atoms with E-state index in [1.54, 1.807) is 6.26 Å². The van der Waals surface area contributed by atoms with Crippen LogP contribution in [0.2, 0.25) is 0 Å². The minimum Gasteiger partial charge on any atom is -0.468 e. The van der Waals surface area contributed by atoms with Crippen molar-refractivity contribution in [2.45, 2.75) is 25.8 Å². The summed E-state index contributed by atoms with van der Waals surface area (Å²) in [7, 11) is 0. The summed E-state index contributed by atoms with van der Waals surface area (Å²) in [6.07, 6.45) is 3.47. The molecule has 1 fully saturated rings. The molecule has 0 radical (unpaired) electrons. The van der Waals surface area contributed by atoms with Gasteiger partial charge in [0.1, 0.15) is 5.76 Å². The van der Waals surface area contributed by atoms with E-state index in [-0.39, 0.29) is 6.04 Å². The molecule has 2 N–H and O–H groups in total. The number of anilines is 1. The van der Waals surface area contributed by atoms with E-state index in [0.717, 1.165) is 44.8 Å². The molecule has 1 atom stereocenters. The standard InChI is InChI=1S/C22H30N4O3/c1-2-3-11-23-21(27)22(28)24-17-19(20-10-7-16-29-20)26-14-12-25(13-15-26)18-8-5-4-6-9-18/h4-10,16,19H,2-3,11-15,17H2,1H3,(H,23,27)(H,24,28)/t19-/m0/s1. The predicted molar refractivity (Wildman–Crippen MR) is 113 cm³/mol. The summed E-state index contributed by atoms with van der Waals surface area (Å²) >= 11 is 0. The molecule has 3 rings (SSSR count). The third kappa shape index (κ3) is 5.84. The molecule has 1 aliphatic heterocycles. The third-order valence-corrected chi connectivity index (χ3v) is 5.23. The van der Waals surface area contributed by atoms with Crippen molar-refractivity contribution in [3.63, 3.8) is 0 Å². The van der Waals surface area contributed by atoms with Gasteiger partial charge in [-0.2, -0.15) is 0 Å². The highest BCUT2D eigenvalue weighted by molar-refractivity contribution is 6.35. The lowest BCUT2D eigenvalue weighted by molar-refractivity contribution is -0.139. The van der Waals surface area contributed by atoms with Crippen molar-refractivity contribution in [3.8, 4) is 0 Å². The molecule has 1 aromatic heterocycles. The molecule has 1 aromatic carbocycles. The highest BCUT2D eigenvalue weighted by atomic mass is 16.3. The van der Waals surface area contributed by atoms with Crippen LogP contribution in [0.4, 0.5) is 5.69 Å². The summed E-state index contributed by atoms with van der Waals surface area (Å²) in [5.74, 6) is -0.379. The highest BCUT2D eigenvalue weighted by Crippen LogP contribution is 2.24. The Morgan fingerprint density at radius 2 is 1.72 bits per heavy atom. The van der Waals surface area contributed by atoms with E-state index in [2.05, 4.69) is 44.7 Å². The number of amides is 2. The molecule has 7 nitrogen and oxygen atoms in total. The predicted octanol–water partition coefficient (Wildman–Crippen LogP) is 2.18. The second-order valence-corrected chi connectivity index (χ2v) is 7.21. The quantitative estimate of drug-likeness (QED) is 0.526. The van der Waals surface area contributed by atoms with E-state index in [4.69, 9.17) is 4.42 Å². The SMILES string of the molecule is CCCCNC(=O)C(=O)NC[C@@H](c1ccco1)N1CCN(c2ccccc2)CC1. The second kappa shape index (κ2) is 10.7. The number of nitrogens with zero attached hydrogens (tertiary/aromatic N) is 2. The summed E-state index contributed by atoms with van der Waals surface area (Å²) in [6, 6.07) is 14.0. The van der Waals surface area contributed by atoms with Gasteiger partial charge in [-0.15, -0.1) is 0 Å². The van der Waals surface area contributed by atoms with Gasteiger partial charge in [0.25, 0.3) is 0 Å². The van der Waals surface area contributed by atoms with Crippen LogP contribution in [0.25, 0.3) is 0 Å². The minimum absolute atomic E-state index is 0.102. The molecule has 0 bridgehead atoms. The van der Waals surface area contributed by atoms with Gasteiger partial charge in [0.2, 0.25) is 0 Å². The Hall–Kier alpha value is -2.80. The minimum atomic E-state index is -0.597. The summed E-state index contributed by atoms with van der Waals surface area (Å²) < 4.78 is 5.63. The lowest BCUT2D eigenvalue weighted by Gasteiger charge is -2.39. The number of unbranched alkanes of at least 4 members (excludes halogenated alkanes) is 1. The Balaban J connectivity index is 1.56. The number of hydrogen-bond acceptors (Lipinski definition) is 5. The molecular formula is C22H30N4O3. The second-order valence-electron chi connectivity index (χ2n) is 7.21. The van der Waals surface area contributed by atoms with E-state index in [1.807, 2.05) is 25.1 Å². The van der Waals surface area contributed by atoms with Crippen LogP contribution in [0.1, 0.15) is 31.6 Å². The summed E-state index contributed by atoms with van der Waals surface area (Å²) in [5, 5.41) is 5.42. The first-order valence-electron chi connectivity index (χ1n) is 10.3. The first-order chi connectivity index (χ1) is 14.2. The average molecular weight is 399 g/mol. The van der Waals surface area contributed by atoms with Gasteiger partial charge in [0.05, 0.1) is 12.3 Å². The van der Waals surface area contributed by atoms with Crippen LogP contribution in [-0.2, 0) is 9.59 Å². The first kappa shape index (κ1) is 20.9. The number of carbonyl (C=O) groups excluding carboxylic acids is 2. The lowest BCUT2D eigenvalue weighted by atomic mass is 10.1. The molecule has 2 amide bonds. The Bertz CT molecular complexity index is 756. The monoisotopic (exact) mass is 398 g/mol. The molecular weight excluding hydrogens is 368 g/mol. The van der Waals surface area contributed by atoms with Crippen LogP contribution in [0.15, 0.2) is 53.1 Å². The Kier molecular flexibility index (Phi) is 7.69. The lowest BCUT2D eigenvalue weighted by Crippen LogP contribution is -2.50. The first-order valence-corrected chi connectivity index (χ1v) is 10.3. The van der Waals surface area contributed by atoms with E-state index in [0.29, 0.717) is 13.1 Å². The molecule has 0 aliphatic carbocycles. The number of furan rings is 1. The van der Waals surface area contributed by atoms with Crippen molar-refractivity contribution < 1.29 is 14.0 Å². The number of piperazine rings is 1. The van der Waals surface area contributed by atoms with Crippen LogP contribution < -0.4 is 15.5 Å². The van der Waals surface area contributed by atoms with Gasteiger partial charge in [-0.3, -0.25) is 14.5 Å². The Labute approximate surface area is 172 Å². The Morgan fingerprint density at radius 3 is 2.38 bits per heavy atom. The normalized spacial score (nSPS) is 15.7. The van der Waals surface area contributed by atoms with E-state index in [1.165, 1.54) is 5.69 Å². The van der Waals surface area contributed by atoms with Crippen LogP contribution >= 0.6 is 0 Å². The molecule has 7 heteroatoms. The third-order valence-electron chi connectivity index (χ3n) is 5.23. The molecule has 2 aromatic rings. The zero-order valence-electron chi connectivity index (χ0n) is 17.0. The van der Waals surface area contributed by atoms with Gasteiger partial charge < -0.3 is 20.0 Å². The molecule has 2 heterocycles. The number of para-hydroxylation sites is 1. The molecule has 1 aliphatic rings. The number of hydrogen-bond donors (Lipinski definition) is 2. The fourth-order valence-electron chi connectivity index (χ4n) is 3.55. The molecule has 29 heavy (non-hydrogen) atoms. The number of benzene rings is 1. The molecule has 156 valence electrons. The number of nitrogens with one attached hydrogen (secondary N) is 2. The molecule has 0 spiro atoms. The van der Waals surface area contributed by atoms with Crippen LogP contribution in [0.5, 0.6) is 0 Å². The van der Waals surface area contributed by atoms with Crippen LogP contribution in [0.3, 0.4) is 0 Å². The maximum absolute atomic E-state index is 12.2. The number of rotatable bonds is 8. The fourth-order valence-corrected chi connectivity index (χ4v) is 3.55. The fraction of sp³-hybridized carbons (Fsp3) is 0.455. The zero-order valence-corrected chi connectivity index (χ0v) is 17.0.